The minimum absolute atomic E-state index is 0.0699. The number of amides is 2. The molecule has 1 saturated carbocycles. The van der Waals surface area contributed by atoms with E-state index >= 15 is 0 Å². The lowest BCUT2D eigenvalue weighted by Gasteiger charge is -2.06. The number of aliphatic hydroxyl groups excluding tert-OH is 1. The van der Waals surface area contributed by atoms with Gasteiger partial charge in [-0.3, -0.25) is 0 Å². The Kier molecular flexibility index (Phi) is 3.98. The Morgan fingerprint density at radius 2 is 1.88 bits per heavy atom. The highest BCUT2D eigenvalue weighted by atomic mass is 16.3. The monoisotopic (exact) mass is 234 g/mol. The fourth-order valence-corrected chi connectivity index (χ4v) is 1.60. The van der Waals surface area contributed by atoms with Crippen molar-refractivity contribution in [2.75, 3.05) is 6.54 Å². The van der Waals surface area contributed by atoms with Crippen LogP contribution in [0.1, 0.15) is 24.0 Å². The second kappa shape index (κ2) is 5.68. The van der Waals surface area contributed by atoms with E-state index in [1.807, 2.05) is 24.3 Å². The molecule has 92 valence electrons. The van der Waals surface area contributed by atoms with Gasteiger partial charge in [0.15, 0.2) is 0 Å². The molecule has 1 aliphatic carbocycles. The molecule has 0 saturated heterocycles. The number of rotatable bonds is 5. The van der Waals surface area contributed by atoms with Gasteiger partial charge in [-0.1, -0.05) is 24.3 Å². The van der Waals surface area contributed by atoms with Crippen LogP contribution in [0.25, 0.3) is 0 Å². The number of urea groups is 1. The molecule has 0 bridgehead atoms. The maximum atomic E-state index is 11.3. The Morgan fingerprint density at radius 1 is 1.24 bits per heavy atom. The summed E-state index contributed by atoms with van der Waals surface area (Å²) in [6, 6.07) is 8.09. The van der Waals surface area contributed by atoms with Crippen molar-refractivity contribution in [1.82, 2.24) is 10.6 Å². The molecule has 1 fully saturated rings. The van der Waals surface area contributed by atoms with Crippen molar-refractivity contribution in [3.05, 3.63) is 35.4 Å². The predicted molar refractivity (Wildman–Crippen MR) is 65.6 cm³/mol. The SMILES string of the molecule is O=C(NCCc1ccc(CO)cc1)NC1CC1. The van der Waals surface area contributed by atoms with Gasteiger partial charge in [0.2, 0.25) is 0 Å². The number of nitrogens with one attached hydrogen (secondary N) is 2. The van der Waals surface area contributed by atoms with Crippen LogP contribution in [0, 0.1) is 0 Å². The Labute approximate surface area is 101 Å². The molecular formula is C13H18N2O2. The molecular weight excluding hydrogens is 216 g/mol. The molecule has 4 heteroatoms. The van der Waals surface area contributed by atoms with Gasteiger partial charge in [-0.15, -0.1) is 0 Å². The van der Waals surface area contributed by atoms with E-state index in [0.717, 1.165) is 30.4 Å². The molecule has 2 amide bonds. The van der Waals surface area contributed by atoms with Gasteiger partial charge in [0, 0.05) is 12.6 Å². The summed E-state index contributed by atoms with van der Waals surface area (Å²) in [6.45, 7) is 0.708. The van der Waals surface area contributed by atoms with E-state index in [2.05, 4.69) is 10.6 Å². The summed E-state index contributed by atoms with van der Waals surface area (Å²) in [4.78, 5) is 11.3. The van der Waals surface area contributed by atoms with E-state index in [9.17, 15) is 4.79 Å². The lowest BCUT2D eigenvalue weighted by Crippen LogP contribution is -2.37. The lowest BCUT2D eigenvalue weighted by molar-refractivity contribution is 0.240. The summed E-state index contributed by atoms with van der Waals surface area (Å²) in [5.41, 5.74) is 2.07. The third kappa shape index (κ3) is 4.07. The van der Waals surface area contributed by atoms with Gasteiger partial charge < -0.3 is 15.7 Å². The van der Waals surface area contributed by atoms with Crippen LogP contribution in [-0.2, 0) is 13.0 Å². The van der Waals surface area contributed by atoms with E-state index in [-0.39, 0.29) is 12.6 Å². The molecule has 1 aromatic rings. The van der Waals surface area contributed by atoms with Crippen molar-refractivity contribution < 1.29 is 9.90 Å². The molecule has 0 aromatic heterocycles. The van der Waals surface area contributed by atoms with Crippen LogP contribution in [0.4, 0.5) is 4.79 Å². The largest absolute Gasteiger partial charge is 0.392 e. The Balaban J connectivity index is 1.67. The summed E-state index contributed by atoms with van der Waals surface area (Å²) < 4.78 is 0. The van der Waals surface area contributed by atoms with E-state index in [1.165, 1.54) is 0 Å². The smallest absolute Gasteiger partial charge is 0.315 e. The molecule has 17 heavy (non-hydrogen) atoms. The van der Waals surface area contributed by atoms with Gasteiger partial charge >= 0.3 is 6.03 Å². The Hall–Kier alpha value is -1.55. The summed E-state index contributed by atoms with van der Waals surface area (Å²) in [5.74, 6) is 0. The van der Waals surface area contributed by atoms with E-state index in [1.54, 1.807) is 0 Å². The number of aliphatic hydroxyl groups is 1. The van der Waals surface area contributed by atoms with Gasteiger partial charge in [0.25, 0.3) is 0 Å². The molecule has 0 unspecified atom stereocenters. The lowest BCUT2D eigenvalue weighted by atomic mass is 10.1. The quantitative estimate of drug-likeness (QED) is 0.716. The van der Waals surface area contributed by atoms with Crippen LogP contribution >= 0.6 is 0 Å². The predicted octanol–water partition coefficient (Wildman–Crippen LogP) is 1.18. The third-order valence-corrected chi connectivity index (χ3v) is 2.82. The zero-order chi connectivity index (χ0) is 12.1. The molecule has 0 heterocycles. The number of benzene rings is 1. The van der Waals surface area contributed by atoms with Gasteiger partial charge in [0.1, 0.15) is 0 Å². The molecule has 4 nitrogen and oxygen atoms in total. The molecule has 0 atom stereocenters. The molecule has 0 aliphatic heterocycles. The standard InChI is InChI=1S/C13H18N2O2/c16-9-11-3-1-10(2-4-11)7-8-14-13(17)15-12-5-6-12/h1-4,12,16H,5-9H2,(H2,14,15,17). The van der Waals surface area contributed by atoms with Crippen molar-refractivity contribution in [2.45, 2.75) is 31.9 Å². The van der Waals surface area contributed by atoms with Crippen LogP contribution < -0.4 is 10.6 Å². The topological polar surface area (TPSA) is 61.4 Å². The summed E-state index contributed by atoms with van der Waals surface area (Å²) in [5, 5.41) is 14.6. The van der Waals surface area contributed by atoms with Crippen molar-refractivity contribution in [3.63, 3.8) is 0 Å². The number of carbonyl (C=O) groups excluding carboxylic acids is 1. The zero-order valence-electron chi connectivity index (χ0n) is 9.78. The van der Waals surface area contributed by atoms with Gasteiger partial charge in [-0.05, 0) is 30.4 Å². The van der Waals surface area contributed by atoms with Crippen molar-refractivity contribution >= 4 is 6.03 Å². The highest BCUT2D eigenvalue weighted by molar-refractivity contribution is 5.74. The number of carbonyl (C=O) groups is 1. The van der Waals surface area contributed by atoms with Crippen molar-refractivity contribution in [1.29, 1.82) is 0 Å². The highest BCUT2D eigenvalue weighted by Crippen LogP contribution is 2.18. The molecule has 3 N–H and O–H groups in total. The first-order chi connectivity index (χ1) is 8.28. The normalized spacial score (nSPS) is 14.4. The first-order valence-corrected chi connectivity index (χ1v) is 6.01. The molecule has 2 rings (SSSR count). The molecule has 0 spiro atoms. The number of hydrogen-bond donors (Lipinski definition) is 3. The van der Waals surface area contributed by atoms with Crippen LogP contribution in [0.5, 0.6) is 0 Å². The minimum Gasteiger partial charge on any atom is -0.392 e. The second-order valence-corrected chi connectivity index (χ2v) is 4.40. The highest BCUT2D eigenvalue weighted by Gasteiger charge is 2.22. The summed E-state index contributed by atoms with van der Waals surface area (Å²) in [7, 11) is 0. The fourth-order valence-electron chi connectivity index (χ4n) is 1.60. The minimum atomic E-state index is -0.0699. The maximum absolute atomic E-state index is 11.3. The maximum Gasteiger partial charge on any atom is 0.315 e. The third-order valence-electron chi connectivity index (χ3n) is 2.82. The van der Waals surface area contributed by atoms with E-state index < -0.39 is 0 Å². The second-order valence-electron chi connectivity index (χ2n) is 4.40. The van der Waals surface area contributed by atoms with Crippen LogP contribution in [0.15, 0.2) is 24.3 Å². The van der Waals surface area contributed by atoms with Gasteiger partial charge in [-0.2, -0.15) is 0 Å². The summed E-state index contributed by atoms with van der Waals surface area (Å²) >= 11 is 0. The van der Waals surface area contributed by atoms with Crippen LogP contribution in [0.3, 0.4) is 0 Å². The fraction of sp³-hybridized carbons (Fsp3) is 0.462. The van der Waals surface area contributed by atoms with Crippen molar-refractivity contribution in [2.24, 2.45) is 0 Å². The Morgan fingerprint density at radius 3 is 2.47 bits per heavy atom. The molecule has 1 aromatic carbocycles. The molecule has 0 radical (unpaired) electrons. The van der Waals surface area contributed by atoms with Crippen molar-refractivity contribution in [3.8, 4) is 0 Å². The average Bonchev–Trinajstić information content (AvgIpc) is 3.14. The first kappa shape index (κ1) is 11.9. The summed E-state index contributed by atoms with van der Waals surface area (Å²) in [6.07, 6.45) is 3.02. The van der Waals surface area contributed by atoms with Crippen LogP contribution in [0.2, 0.25) is 0 Å². The molecule has 1 aliphatic rings. The van der Waals surface area contributed by atoms with Gasteiger partial charge in [0.05, 0.1) is 6.61 Å². The first-order valence-electron chi connectivity index (χ1n) is 6.01. The van der Waals surface area contributed by atoms with E-state index in [0.29, 0.717) is 12.6 Å². The zero-order valence-corrected chi connectivity index (χ0v) is 9.78. The van der Waals surface area contributed by atoms with E-state index in [4.69, 9.17) is 5.11 Å². The van der Waals surface area contributed by atoms with Crippen LogP contribution in [-0.4, -0.2) is 23.7 Å². The number of hydrogen-bond acceptors (Lipinski definition) is 2. The average molecular weight is 234 g/mol. The van der Waals surface area contributed by atoms with Gasteiger partial charge in [-0.25, -0.2) is 4.79 Å². The Bertz CT molecular complexity index is 372.